The highest BCUT2D eigenvalue weighted by Gasteiger charge is 2.06. The van der Waals surface area contributed by atoms with Crippen LogP contribution in [0.3, 0.4) is 0 Å². The van der Waals surface area contributed by atoms with Gasteiger partial charge < -0.3 is 9.84 Å². The number of aromatic nitrogens is 2. The van der Waals surface area contributed by atoms with Gasteiger partial charge >= 0.3 is 5.97 Å². The van der Waals surface area contributed by atoms with Crippen molar-refractivity contribution in [2.75, 3.05) is 0 Å². The van der Waals surface area contributed by atoms with Crippen LogP contribution in [0.25, 0.3) is 0 Å². The van der Waals surface area contributed by atoms with Crippen LogP contribution in [0.1, 0.15) is 16.2 Å². The Morgan fingerprint density at radius 3 is 2.67 bits per heavy atom. The summed E-state index contributed by atoms with van der Waals surface area (Å²) in [6, 6.07) is 7.44. The predicted molar refractivity (Wildman–Crippen MR) is 67.5 cm³/mol. The Morgan fingerprint density at radius 1 is 1.28 bits per heavy atom. The summed E-state index contributed by atoms with van der Waals surface area (Å²) in [6.45, 7) is 0.232. The Bertz CT molecular complexity index is 558. The first kappa shape index (κ1) is 12.5. The molecule has 0 fully saturated rings. The van der Waals surface area contributed by atoms with Crippen molar-refractivity contribution < 1.29 is 14.6 Å². The molecule has 2 rings (SSSR count). The Kier molecular flexibility index (Phi) is 3.88. The Labute approximate surface area is 112 Å². The molecule has 0 aliphatic rings. The van der Waals surface area contributed by atoms with Gasteiger partial charge in [-0.25, -0.2) is 9.78 Å². The van der Waals surface area contributed by atoms with E-state index in [9.17, 15) is 4.79 Å². The molecule has 0 atom stereocenters. The molecule has 0 amide bonds. The molecular weight excluding hydrogens is 300 g/mol. The number of para-hydroxylation sites is 1. The van der Waals surface area contributed by atoms with Crippen molar-refractivity contribution in [3.63, 3.8) is 0 Å². The number of benzene rings is 1. The highest BCUT2D eigenvalue weighted by atomic mass is 79.9. The van der Waals surface area contributed by atoms with Crippen LogP contribution < -0.4 is 4.74 Å². The van der Waals surface area contributed by atoms with Gasteiger partial charge in [0.25, 0.3) is 0 Å². The maximum absolute atomic E-state index is 10.6. The summed E-state index contributed by atoms with van der Waals surface area (Å²) >= 11 is 3.36. The van der Waals surface area contributed by atoms with Crippen LogP contribution in [0.4, 0.5) is 0 Å². The second kappa shape index (κ2) is 5.59. The van der Waals surface area contributed by atoms with Crippen molar-refractivity contribution in [3.05, 3.63) is 52.5 Å². The van der Waals surface area contributed by atoms with E-state index < -0.39 is 5.97 Å². The van der Waals surface area contributed by atoms with E-state index in [4.69, 9.17) is 9.84 Å². The standard InChI is InChI=1S/C12H9BrN2O3/c13-9-3-1-2-4-11(9)18-7-8-5-15-10(6-14-8)12(16)17/h1-6H,7H2,(H,16,17). The number of carboxylic acid groups (broad SMARTS) is 1. The number of carbonyl (C=O) groups is 1. The Morgan fingerprint density at radius 2 is 2.06 bits per heavy atom. The third kappa shape index (κ3) is 3.04. The summed E-state index contributed by atoms with van der Waals surface area (Å²) in [4.78, 5) is 18.3. The fourth-order valence-corrected chi connectivity index (χ4v) is 1.65. The molecule has 1 aromatic carbocycles. The van der Waals surface area contributed by atoms with Crippen molar-refractivity contribution >= 4 is 21.9 Å². The van der Waals surface area contributed by atoms with Crippen LogP contribution in [0, 0.1) is 0 Å². The summed E-state index contributed by atoms with van der Waals surface area (Å²) in [7, 11) is 0. The molecule has 0 aliphatic heterocycles. The maximum Gasteiger partial charge on any atom is 0.356 e. The average Bonchev–Trinajstić information content (AvgIpc) is 2.38. The summed E-state index contributed by atoms with van der Waals surface area (Å²) in [5.74, 6) is -0.401. The molecule has 0 saturated heterocycles. The zero-order chi connectivity index (χ0) is 13.0. The van der Waals surface area contributed by atoms with Gasteiger partial charge in [0.1, 0.15) is 12.4 Å². The van der Waals surface area contributed by atoms with E-state index in [0.29, 0.717) is 11.4 Å². The minimum absolute atomic E-state index is 0.0837. The van der Waals surface area contributed by atoms with Gasteiger partial charge in [0.2, 0.25) is 0 Å². The summed E-state index contributed by atoms with van der Waals surface area (Å²) in [5.41, 5.74) is 0.482. The van der Waals surface area contributed by atoms with E-state index in [-0.39, 0.29) is 12.3 Å². The normalized spacial score (nSPS) is 10.1. The third-order valence-electron chi connectivity index (χ3n) is 2.14. The highest BCUT2D eigenvalue weighted by Crippen LogP contribution is 2.24. The minimum Gasteiger partial charge on any atom is -0.486 e. The van der Waals surface area contributed by atoms with E-state index in [2.05, 4.69) is 25.9 Å². The van der Waals surface area contributed by atoms with Crippen LogP contribution in [-0.2, 0) is 6.61 Å². The zero-order valence-corrected chi connectivity index (χ0v) is 10.8. The number of hydrogen-bond donors (Lipinski definition) is 1. The monoisotopic (exact) mass is 308 g/mol. The molecule has 92 valence electrons. The minimum atomic E-state index is -1.10. The maximum atomic E-state index is 10.6. The van der Waals surface area contributed by atoms with E-state index in [1.807, 2.05) is 24.3 Å². The number of nitrogens with zero attached hydrogens (tertiary/aromatic N) is 2. The lowest BCUT2D eigenvalue weighted by Crippen LogP contribution is -2.04. The SMILES string of the molecule is O=C(O)c1cnc(COc2ccccc2Br)cn1. The molecule has 5 nitrogen and oxygen atoms in total. The first-order chi connectivity index (χ1) is 8.66. The number of ether oxygens (including phenoxy) is 1. The number of rotatable bonds is 4. The fourth-order valence-electron chi connectivity index (χ4n) is 1.25. The predicted octanol–water partition coefficient (Wildman–Crippen LogP) is 2.52. The average molecular weight is 309 g/mol. The van der Waals surface area contributed by atoms with Gasteiger partial charge in [-0.1, -0.05) is 12.1 Å². The van der Waals surface area contributed by atoms with Crippen molar-refractivity contribution in [1.82, 2.24) is 9.97 Å². The Balaban J connectivity index is 2.02. The number of aromatic carboxylic acids is 1. The molecule has 2 aromatic rings. The molecule has 1 N–H and O–H groups in total. The molecule has 1 aromatic heterocycles. The molecule has 0 spiro atoms. The van der Waals surface area contributed by atoms with Crippen molar-refractivity contribution in [1.29, 1.82) is 0 Å². The van der Waals surface area contributed by atoms with E-state index >= 15 is 0 Å². The number of hydrogen-bond acceptors (Lipinski definition) is 4. The van der Waals surface area contributed by atoms with Crippen LogP contribution in [0.2, 0.25) is 0 Å². The van der Waals surface area contributed by atoms with E-state index in [1.54, 1.807) is 0 Å². The first-order valence-electron chi connectivity index (χ1n) is 5.08. The van der Waals surface area contributed by atoms with Gasteiger partial charge in [-0.05, 0) is 28.1 Å². The second-order valence-electron chi connectivity index (χ2n) is 3.42. The van der Waals surface area contributed by atoms with Gasteiger partial charge in [-0.2, -0.15) is 0 Å². The quantitative estimate of drug-likeness (QED) is 0.939. The van der Waals surface area contributed by atoms with Gasteiger partial charge in [0, 0.05) is 0 Å². The zero-order valence-electron chi connectivity index (χ0n) is 9.21. The van der Waals surface area contributed by atoms with Gasteiger partial charge in [0.05, 0.1) is 22.6 Å². The summed E-state index contributed by atoms with van der Waals surface area (Å²) in [6.07, 6.45) is 2.60. The molecule has 0 bridgehead atoms. The number of carboxylic acids is 1. The molecule has 6 heteroatoms. The lowest BCUT2D eigenvalue weighted by molar-refractivity contribution is 0.0690. The first-order valence-corrected chi connectivity index (χ1v) is 5.87. The Hall–Kier alpha value is -1.95. The van der Waals surface area contributed by atoms with Crippen molar-refractivity contribution in [2.45, 2.75) is 6.61 Å². The smallest absolute Gasteiger partial charge is 0.356 e. The van der Waals surface area contributed by atoms with Gasteiger partial charge in [-0.15, -0.1) is 0 Å². The fraction of sp³-hybridized carbons (Fsp3) is 0.0833. The highest BCUT2D eigenvalue weighted by molar-refractivity contribution is 9.10. The summed E-state index contributed by atoms with van der Waals surface area (Å²) in [5, 5.41) is 8.68. The molecule has 18 heavy (non-hydrogen) atoms. The third-order valence-corrected chi connectivity index (χ3v) is 2.79. The van der Waals surface area contributed by atoms with E-state index in [1.165, 1.54) is 12.4 Å². The second-order valence-corrected chi connectivity index (χ2v) is 4.27. The van der Waals surface area contributed by atoms with E-state index in [0.717, 1.165) is 4.47 Å². The van der Waals surface area contributed by atoms with Gasteiger partial charge in [0.15, 0.2) is 5.69 Å². The van der Waals surface area contributed by atoms with Crippen molar-refractivity contribution in [3.8, 4) is 5.75 Å². The lowest BCUT2D eigenvalue weighted by Gasteiger charge is -2.07. The lowest BCUT2D eigenvalue weighted by atomic mass is 10.3. The molecule has 0 aliphatic carbocycles. The largest absolute Gasteiger partial charge is 0.486 e. The number of halogens is 1. The van der Waals surface area contributed by atoms with Crippen LogP contribution in [0.5, 0.6) is 5.75 Å². The molecule has 0 saturated carbocycles. The summed E-state index contributed by atoms with van der Waals surface area (Å²) < 4.78 is 6.37. The molecule has 1 heterocycles. The molecule has 0 radical (unpaired) electrons. The van der Waals surface area contributed by atoms with Crippen LogP contribution in [0.15, 0.2) is 41.1 Å². The topological polar surface area (TPSA) is 72.3 Å². The van der Waals surface area contributed by atoms with Crippen LogP contribution >= 0.6 is 15.9 Å². The molecular formula is C12H9BrN2O3. The van der Waals surface area contributed by atoms with Gasteiger partial charge in [-0.3, -0.25) is 4.98 Å². The van der Waals surface area contributed by atoms with Crippen molar-refractivity contribution in [2.24, 2.45) is 0 Å². The van der Waals surface area contributed by atoms with Crippen LogP contribution in [-0.4, -0.2) is 21.0 Å². The molecule has 0 unspecified atom stereocenters.